The second kappa shape index (κ2) is 5.07. The summed E-state index contributed by atoms with van der Waals surface area (Å²) in [6.45, 7) is 1.89. The molecule has 0 unspecified atom stereocenters. The minimum absolute atomic E-state index is 0.306. The summed E-state index contributed by atoms with van der Waals surface area (Å²) in [5, 5.41) is 8.77. The van der Waals surface area contributed by atoms with Gasteiger partial charge in [-0.05, 0) is 30.7 Å². The number of anilines is 1. The minimum atomic E-state index is 0.306. The van der Waals surface area contributed by atoms with Crippen LogP contribution >= 0.6 is 15.9 Å². The molecule has 0 aliphatic rings. The highest BCUT2D eigenvalue weighted by atomic mass is 79.9. The molecule has 0 aliphatic heterocycles. The van der Waals surface area contributed by atoms with Crippen LogP contribution in [0.2, 0.25) is 0 Å². The summed E-state index contributed by atoms with van der Waals surface area (Å²) in [7, 11) is 0. The quantitative estimate of drug-likeness (QED) is 0.863. The number of nitriles is 1. The van der Waals surface area contributed by atoms with E-state index in [1.165, 1.54) is 0 Å². The first-order chi connectivity index (χ1) is 8.60. The highest BCUT2D eigenvalue weighted by molar-refractivity contribution is 9.10. The predicted molar refractivity (Wildman–Crippen MR) is 72.3 cm³/mol. The van der Waals surface area contributed by atoms with E-state index in [9.17, 15) is 0 Å². The maximum atomic E-state index is 8.77. The Morgan fingerprint density at radius 2 is 2.17 bits per heavy atom. The molecule has 0 bridgehead atoms. The zero-order valence-corrected chi connectivity index (χ0v) is 11.2. The summed E-state index contributed by atoms with van der Waals surface area (Å²) in [6, 6.07) is 10.6. The van der Waals surface area contributed by atoms with Gasteiger partial charge in [-0.2, -0.15) is 5.26 Å². The van der Waals surface area contributed by atoms with Crippen molar-refractivity contribution in [3.8, 4) is 17.7 Å². The molecule has 2 rings (SSSR count). The number of nitrogen functional groups attached to an aromatic ring is 1. The lowest BCUT2D eigenvalue weighted by molar-refractivity contribution is 0.461. The van der Waals surface area contributed by atoms with Crippen molar-refractivity contribution in [2.24, 2.45) is 0 Å². The summed E-state index contributed by atoms with van der Waals surface area (Å²) in [5.74, 6) is 0.909. The summed E-state index contributed by atoms with van der Waals surface area (Å²) >= 11 is 3.36. The fraction of sp³-hybridized carbons (Fsp3) is 0.0769. The summed E-state index contributed by atoms with van der Waals surface area (Å²) in [6.07, 6.45) is 0. The van der Waals surface area contributed by atoms with Crippen LogP contribution in [0.4, 0.5) is 5.69 Å². The Kier molecular flexibility index (Phi) is 3.49. The Morgan fingerprint density at radius 3 is 2.83 bits per heavy atom. The number of hydrogen-bond acceptors (Lipinski definition) is 4. The van der Waals surface area contributed by atoms with Crippen molar-refractivity contribution in [1.29, 1.82) is 5.26 Å². The molecule has 0 radical (unpaired) electrons. The van der Waals surface area contributed by atoms with E-state index in [0.717, 1.165) is 10.0 Å². The monoisotopic (exact) mass is 303 g/mol. The Bertz CT molecular complexity index is 611. The van der Waals surface area contributed by atoms with Gasteiger partial charge in [0.15, 0.2) is 5.75 Å². The van der Waals surface area contributed by atoms with Gasteiger partial charge in [0.1, 0.15) is 11.8 Å². The highest BCUT2D eigenvalue weighted by Gasteiger charge is 2.08. The SMILES string of the molecule is Cc1cc(Br)cc(N)c1Oc1cccc(C#N)n1. The number of halogens is 1. The second-order valence-electron chi connectivity index (χ2n) is 3.72. The van der Waals surface area contributed by atoms with Crippen molar-refractivity contribution in [2.75, 3.05) is 5.73 Å². The number of rotatable bonds is 2. The molecular weight excluding hydrogens is 294 g/mol. The lowest BCUT2D eigenvalue weighted by Gasteiger charge is -2.11. The summed E-state index contributed by atoms with van der Waals surface area (Å²) < 4.78 is 6.52. The first kappa shape index (κ1) is 12.4. The molecule has 18 heavy (non-hydrogen) atoms. The molecule has 5 heteroatoms. The number of aryl methyl sites for hydroxylation is 1. The van der Waals surface area contributed by atoms with Gasteiger partial charge in [0.25, 0.3) is 0 Å². The van der Waals surface area contributed by atoms with Crippen LogP contribution < -0.4 is 10.5 Å². The zero-order chi connectivity index (χ0) is 13.1. The smallest absolute Gasteiger partial charge is 0.220 e. The van der Waals surface area contributed by atoms with E-state index < -0.39 is 0 Å². The van der Waals surface area contributed by atoms with Crippen LogP contribution in [0.1, 0.15) is 11.3 Å². The standard InChI is InChI=1S/C13H10BrN3O/c1-8-5-9(14)6-11(16)13(8)18-12-4-2-3-10(7-15)17-12/h2-6H,16H2,1H3. The number of nitrogens with two attached hydrogens (primary N) is 1. The molecular formula is C13H10BrN3O. The molecule has 0 saturated heterocycles. The van der Waals surface area contributed by atoms with Crippen molar-refractivity contribution >= 4 is 21.6 Å². The van der Waals surface area contributed by atoms with Crippen molar-refractivity contribution in [1.82, 2.24) is 4.98 Å². The van der Waals surface area contributed by atoms with Gasteiger partial charge in [-0.3, -0.25) is 0 Å². The molecule has 0 saturated carbocycles. The molecule has 0 amide bonds. The van der Waals surface area contributed by atoms with Crippen LogP contribution in [-0.4, -0.2) is 4.98 Å². The fourth-order valence-electron chi connectivity index (χ4n) is 1.53. The first-order valence-corrected chi connectivity index (χ1v) is 6.00. The van der Waals surface area contributed by atoms with Gasteiger partial charge in [0, 0.05) is 10.5 Å². The highest BCUT2D eigenvalue weighted by Crippen LogP contribution is 2.33. The third kappa shape index (κ3) is 2.60. The normalized spacial score (nSPS) is 9.83. The number of ether oxygens (including phenoxy) is 1. The number of pyridine rings is 1. The molecule has 1 aromatic heterocycles. The third-order valence-electron chi connectivity index (χ3n) is 2.31. The van der Waals surface area contributed by atoms with Gasteiger partial charge in [-0.15, -0.1) is 0 Å². The van der Waals surface area contributed by atoms with Crippen molar-refractivity contribution in [2.45, 2.75) is 6.92 Å². The lowest BCUT2D eigenvalue weighted by Crippen LogP contribution is -1.97. The zero-order valence-electron chi connectivity index (χ0n) is 9.64. The van der Waals surface area contributed by atoms with Gasteiger partial charge in [0.05, 0.1) is 5.69 Å². The predicted octanol–water partition coefficient (Wildman–Crippen LogP) is 3.40. The van der Waals surface area contributed by atoms with Crippen LogP contribution in [0.15, 0.2) is 34.8 Å². The lowest BCUT2D eigenvalue weighted by atomic mass is 10.2. The van der Waals surface area contributed by atoms with Gasteiger partial charge in [-0.25, -0.2) is 4.98 Å². The molecule has 2 aromatic rings. The summed E-state index contributed by atoms with van der Waals surface area (Å²) in [4.78, 5) is 4.04. The topological polar surface area (TPSA) is 71.9 Å². The Labute approximate surface area is 113 Å². The third-order valence-corrected chi connectivity index (χ3v) is 2.77. The van der Waals surface area contributed by atoms with E-state index in [1.807, 2.05) is 19.1 Å². The van der Waals surface area contributed by atoms with Gasteiger partial charge in [0.2, 0.25) is 5.88 Å². The summed E-state index contributed by atoms with van der Waals surface area (Å²) in [5.41, 5.74) is 7.61. The second-order valence-corrected chi connectivity index (χ2v) is 4.63. The van der Waals surface area contributed by atoms with E-state index in [4.69, 9.17) is 15.7 Å². The van der Waals surface area contributed by atoms with Crippen LogP contribution in [0, 0.1) is 18.3 Å². The molecule has 1 heterocycles. The molecule has 90 valence electrons. The maximum Gasteiger partial charge on any atom is 0.220 e. The Hall–Kier alpha value is -2.06. The van der Waals surface area contributed by atoms with E-state index in [1.54, 1.807) is 24.3 Å². The average Bonchev–Trinajstić information content (AvgIpc) is 2.34. The Balaban J connectivity index is 2.37. The molecule has 0 atom stereocenters. The van der Waals surface area contributed by atoms with Gasteiger partial charge in [-0.1, -0.05) is 22.0 Å². The molecule has 0 fully saturated rings. The molecule has 4 nitrogen and oxygen atoms in total. The minimum Gasteiger partial charge on any atom is -0.437 e. The number of benzene rings is 1. The van der Waals surface area contributed by atoms with Crippen molar-refractivity contribution in [3.63, 3.8) is 0 Å². The van der Waals surface area contributed by atoms with Crippen molar-refractivity contribution < 1.29 is 4.74 Å². The average molecular weight is 304 g/mol. The van der Waals surface area contributed by atoms with Crippen LogP contribution in [0.25, 0.3) is 0 Å². The van der Waals surface area contributed by atoms with Crippen molar-refractivity contribution in [3.05, 3.63) is 46.1 Å². The van der Waals surface area contributed by atoms with Gasteiger partial charge >= 0.3 is 0 Å². The Morgan fingerprint density at radius 1 is 1.39 bits per heavy atom. The largest absolute Gasteiger partial charge is 0.437 e. The molecule has 1 aromatic carbocycles. The van der Waals surface area contributed by atoms with Crippen LogP contribution in [-0.2, 0) is 0 Å². The van der Waals surface area contributed by atoms with Crippen LogP contribution in [0.5, 0.6) is 11.6 Å². The molecule has 2 N–H and O–H groups in total. The van der Waals surface area contributed by atoms with E-state index in [-0.39, 0.29) is 0 Å². The number of hydrogen-bond donors (Lipinski definition) is 1. The van der Waals surface area contributed by atoms with E-state index in [0.29, 0.717) is 23.0 Å². The van der Waals surface area contributed by atoms with Gasteiger partial charge < -0.3 is 10.5 Å². The van der Waals surface area contributed by atoms with E-state index >= 15 is 0 Å². The molecule has 0 aliphatic carbocycles. The molecule has 0 spiro atoms. The number of nitrogens with zero attached hydrogens (tertiary/aromatic N) is 2. The fourth-order valence-corrected chi connectivity index (χ4v) is 2.12. The maximum absolute atomic E-state index is 8.77. The number of aromatic nitrogens is 1. The van der Waals surface area contributed by atoms with Crippen LogP contribution in [0.3, 0.4) is 0 Å². The first-order valence-electron chi connectivity index (χ1n) is 5.21. The van der Waals surface area contributed by atoms with E-state index in [2.05, 4.69) is 20.9 Å².